The number of ether oxygens (including phenoxy) is 1. The van der Waals surface area contributed by atoms with Gasteiger partial charge in [-0.25, -0.2) is 0 Å². The maximum Gasteiger partial charge on any atom is 0.309 e. The number of thiophene rings is 1. The highest BCUT2D eigenvalue weighted by atomic mass is 32.1. The van der Waals surface area contributed by atoms with Crippen LogP contribution in [0.5, 0.6) is 0 Å². The van der Waals surface area contributed by atoms with E-state index in [1.54, 1.807) is 24.0 Å². The van der Waals surface area contributed by atoms with Gasteiger partial charge in [0.05, 0.1) is 15.7 Å². The van der Waals surface area contributed by atoms with Gasteiger partial charge in [-0.3, -0.25) is 24.5 Å². The largest absolute Gasteiger partial charge is 0.455 e. The minimum atomic E-state index is -0.652. The molecule has 1 fully saturated rings. The second-order valence-corrected chi connectivity index (χ2v) is 7.93. The fraction of sp³-hybridized carbons (Fsp3) is 0.350. The molecule has 9 nitrogen and oxygen atoms in total. The standard InChI is InChI=1S/C20H21N3O6S/c1-13-4-5-15(16(11-13)23(27)28)21-18(24)12-29-20(26)14-6-8-22(9-7-14)19(25)17-3-2-10-30-17/h2-5,10-11,14H,6-9,12H2,1H3,(H,21,24). The van der Waals surface area contributed by atoms with Crippen molar-refractivity contribution in [2.24, 2.45) is 5.92 Å². The third-order valence-corrected chi connectivity index (χ3v) is 5.67. The number of nitrogens with one attached hydrogen (secondary N) is 1. The predicted octanol–water partition coefficient (Wildman–Crippen LogP) is 3.00. The number of rotatable bonds is 6. The number of aryl methyl sites for hydroxylation is 1. The molecule has 2 heterocycles. The summed E-state index contributed by atoms with van der Waals surface area (Å²) in [4.78, 5) is 49.6. The summed E-state index contributed by atoms with van der Waals surface area (Å²) in [7, 11) is 0. The smallest absolute Gasteiger partial charge is 0.309 e. The van der Waals surface area contributed by atoms with E-state index in [4.69, 9.17) is 4.74 Å². The fourth-order valence-electron chi connectivity index (χ4n) is 3.21. The first-order valence-electron chi connectivity index (χ1n) is 9.39. The van der Waals surface area contributed by atoms with E-state index in [-0.39, 0.29) is 23.2 Å². The molecule has 2 aromatic rings. The Balaban J connectivity index is 1.47. The highest BCUT2D eigenvalue weighted by Gasteiger charge is 2.29. The van der Waals surface area contributed by atoms with E-state index in [1.165, 1.54) is 23.5 Å². The van der Waals surface area contributed by atoms with Crippen LogP contribution in [0.25, 0.3) is 0 Å². The number of benzene rings is 1. The number of amides is 2. The Kier molecular flexibility index (Phi) is 6.78. The van der Waals surface area contributed by atoms with Crippen molar-refractivity contribution in [1.82, 2.24) is 4.90 Å². The Hall–Kier alpha value is -3.27. The maximum atomic E-state index is 12.3. The molecule has 1 aliphatic heterocycles. The van der Waals surface area contributed by atoms with E-state index in [0.717, 1.165) is 0 Å². The first-order valence-corrected chi connectivity index (χ1v) is 10.3. The van der Waals surface area contributed by atoms with Crippen molar-refractivity contribution in [3.63, 3.8) is 0 Å². The van der Waals surface area contributed by atoms with Crippen molar-refractivity contribution in [1.29, 1.82) is 0 Å². The van der Waals surface area contributed by atoms with Crippen molar-refractivity contribution in [3.8, 4) is 0 Å². The number of esters is 1. The second-order valence-electron chi connectivity index (χ2n) is 6.98. The molecule has 0 bridgehead atoms. The highest BCUT2D eigenvalue weighted by molar-refractivity contribution is 7.12. The molecule has 0 unspecified atom stereocenters. The molecule has 1 N–H and O–H groups in total. The number of nitro groups is 1. The van der Waals surface area contributed by atoms with Gasteiger partial charge in [0.25, 0.3) is 17.5 Å². The zero-order valence-corrected chi connectivity index (χ0v) is 17.1. The van der Waals surface area contributed by atoms with E-state index in [0.29, 0.717) is 36.4 Å². The molecule has 2 amide bonds. The van der Waals surface area contributed by atoms with E-state index >= 15 is 0 Å². The van der Waals surface area contributed by atoms with Gasteiger partial charge in [0.1, 0.15) is 5.69 Å². The molecule has 1 aliphatic rings. The topological polar surface area (TPSA) is 119 Å². The third-order valence-electron chi connectivity index (χ3n) is 4.82. The van der Waals surface area contributed by atoms with Gasteiger partial charge < -0.3 is 15.0 Å². The quantitative estimate of drug-likeness (QED) is 0.427. The molecule has 158 valence electrons. The van der Waals surface area contributed by atoms with Crippen LogP contribution in [0.2, 0.25) is 0 Å². The Morgan fingerprint density at radius 2 is 2.00 bits per heavy atom. The van der Waals surface area contributed by atoms with Crippen LogP contribution >= 0.6 is 11.3 Å². The molecule has 1 saturated heterocycles. The van der Waals surface area contributed by atoms with E-state index < -0.39 is 23.4 Å². The average molecular weight is 431 g/mol. The van der Waals surface area contributed by atoms with Crippen LogP contribution in [-0.4, -0.2) is 47.3 Å². The lowest BCUT2D eigenvalue weighted by Crippen LogP contribution is -2.40. The van der Waals surface area contributed by atoms with Crippen LogP contribution < -0.4 is 5.32 Å². The van der Waals surface area contributed by atoms with Crippen LogP contribution in [0.1, 0.15) is 28.1 Å². The summed E-state index contributed by atoms with van der Waals surface area (Å²) in [6.45, 7) is 2.06. The van der Waals surface area contributed by atoms with Crippen LogP contribution in [0.4, 0.5) is 11.4 Å². The van der Waals surface area contributed by atoms with Gasteiger partial charge in [-0.1, -0.05) is 12.1 Å². The summed E-state index contributed by atoms with van der Waals surface area (Å²) in [6.07, 6.45) is 0.919. The minimum Gasteiger partial charge on any atom is -0.455 e. The molecule has 3 rings (SSSR count). The van der Waals surface area contributed by atoms with Gasteiger partial charge in [-0.05, 0) is 42.8 Å². The van der Waals surface area contributed by atoms with Crippen molar-refractivity contribution >= 4 is 40.5 Å². The molecule has 0 spiro atoms. The number of hydrogen-bond donors (Lipinski definition) is 1. The number of hydrogen-bond acceptors (Lipinski definition) is 7. The first-order chi connectivity index (χ1) is 14.3. The summed E-state index contributed by atoms with van der Waals surface area (Å²) in [5.41, 5.74) is 0.513. The monoisotopic (exact) mass is 431 g/mol. The molecule has 0 aliphatic carbocycles. The zero-order valence-electron chi connectivity index (χ0n) is 16.3. The number of nitrogens with zero attached hydrogens (tertiary/aromatic N) is 2. The fourth-order valence-corrected chi connectivity index (χ4v) is 3.90. The van der Waals surface area contributed by atoms with E-state index in [9.17, 15) is 24.5 Å². The Morgan fingerprint density at radius 1 is 1.27 bits per heavy atom. The number of anilines is 1. The Morgan fingerprint density at radius 3 is 2.63 bits per heavy atom. The van der Waals surface area contributed by atoms with Gasteiger partial charge in [0.15, 0.2) is 6.61 Å². The summed E-state index contributed by atoms with van der Waals surface area (Å²) >= 11 is 1.38. The van der Waals surface area contributed by atoms with E-state index in [1.807, 2.05) is 11.4 Å². The summed E-state index contributed by atoms with van der Waals surface area (Å²) in [6, 6.07) is 8.02. The van der Waals surface area contributed by atoms with Gasteiger partial charge in [0, 0.05) is 19.2 Å². The normalized spacial score (nSPS) is 14.2. The van der Waals surface area contributed by atoms with Gasteiger partial charge in [-0.2, -0.15) is 0 Å². The zero-order chi connectivity index (χ0) is 21.7. The molecular weight excluding hydrogens is 410 g/mol. The second kappa shape index (κ2) is 9.49. The van der Waals surface area contributed by atoms with Crippen molar-refractivity contribution < 1.29 is 24.0 Å². The molecule has 1 aromatic heterocycles. The lowest BCUT2D eigenvalue weighted by Gasteiger charge is -2.30. The summed E-state index contributed by atoms with van der Waals surface area (Å²) in [5.74, 6) is -1.60. The lowest BCUT2D eigenvalue weighted by molar-refractivity contribution is -0.384. The number of nitro benzene ring substituents is 1. The van der Waals surface area contributed by atoms with E-state index in [2.05, 4.69) is 5.32 Å². The summed E-state index contributed by atoms with van der Waals surface area (Å²) in [5, 5.41) is 15.4. The Bertz CT molecular complexity index is 951. The molecular formula is C20H21N3O6S. The minimum absolute atomic E-state index is 0.0455. The predicted molar refractivity (Wildman–Crippen MR) is 110 cm³/mol. The highest BCUT2D eigenvalue weighted by Crippen LogP contribution is 2.25. The number of carbonyl (C=O) groups excluding carboxylic acids is 3. The maximum absolute atomic E-state index is 12.3. The molecule has 10 heteroatoms. The third kappa shape index (κ3) is 5.20. The molecule has 0 saturated carbocycles. The van der Waals surface area contributed by atoms with Crippen molar-refractivity contribution in [2.45, 2.75) is 19.8 Å². The lowest BCUT2D eigenvalue weighted by atomic mass is 9.97. The van der Waals surface area contributed by atoms with Crippen molar-refractivity contribution in [2.75, 3.05) is 25.0 Å². The van der Waals surface area contributed by atoms with Crippen molar-refractivity contribution in [3.05, 3.63) is 56.3 Å². The molecule has 0 atom stereocenters. The van der Waals surface area contributed by atoms with Crippen LogP contribution in [0.3, 0.4) is 0 Å². The van der Waals surface area contributed by atoms with Crippen LogP contribution in [-0.2, 0) is 14.3 Å². The summed E-state index contributed by atoms with van der Waals surface area (Å²) < 4.78 is 5.09. The Labute approximate surface area is 176 Å². The first kappa shape index (κ1) is 21.4. The molecule has 0 radical (unpaired) electrons. The average Bonchev–Trinajstić information content (AvgIpc) is 3.27. The number of piperidine rings is 1. The van der Waals surface area contributed by atoms with Gasteiger partial charge in [-0.15, -0.1) is 11.3 Å². The van der Waals surface area contributed by atoms with Gasteiger partial charge in [0.2, 0.25) is 0 Å². The van der Waals surface area contributed by atoms with Crippen LogP contribution in [0.15, 0.2) is 35.7 Å². The number of likely N-dealkylation sites (tertiary alicyclic amines) is 1. The molecule has 30 heavy (non-hydrogen) atoms. The molecule has 1 aromatic carbocycles. The van der Waals surface area contributed by atoms with Crippen LogP contribution in [0, 0.1) is 23.0 Å². The number of carbonyl (C=O) groups is 3. The SMILES string of the molecule is Cc1ccc(NC(=O)COC(=O)C2CCN(C(=O)c3cccs3)CC2)c([N+](=O)[O-])c1. The van der Waals surface area contributed by atoms with Gasteiger partial charge >= 0.3 is 5.97 Å².